The van der Waals surface area contributed by atoms with Crippen molar-refractivity contribution in [3.63, 3.8) is 0 Å². The predicted molar refractivity (Wildman–Crippen MR) is 152 cm³/mol. The second-order valence-corrected chi connectivity index (χ2v) is 11.1. The fourth-order valence-electron chi connectivity index (χ4n) is 5.53. The molecule has 3 atom stereocenters. The van der Waals surface area contributed by atoms with Crippen LogP contribution in [0.3, 0.4) is 0 Å². The van der Waals surface area contributed by atoms with E-state index in [1.165, 1.54) is 104 Å². The lowest BCUT2D eigenvalue weighted by atomic mass is 10.00. The Hall–Kier alpha value is -1.89. The van der Waals surface area contributed by atoms with Crippen molar-refractivity contribution in [1.82, 2.24) is 0 Å². The third-order valence-electron chi connectivity index (χ3n) is 8.28. The lowest BCUT2D eigenvalue weighted by Gasteiger charge is -2.49. The molecule has 0 aliphatic carbocycles. The first kappa shape index (κ1) is 36.1. The second-order valence-electron chi connectivity index (χ2n) is 11.1. The summed E-state index contributed by atoms with van der Waals surface area (Å²) in [4.78, 5) is 35.3. The summed E-state index contributed by atoms with van der Waals surface area (Å²) in [5, 5.41) is 30.9. The van der Waals surface area contributed by atoms with Crippen LogP contribution in [0.25, 0.3) is 0 Å². The number of allylic oxidation sites excluding steroid dienone is 2. The van der Waals surface area contributed by atoms with Crippen molar-refractivity contribution < 1.29 is 34.2 Å². The maximum absolute atomic E-state index is 11.8. The van der Waals surface area contributed by atoms with E-state index >= 15 is 0 Å². The number of hydrogen-bond acceptors (Lipinski definition) is 4. The zero-order valence-corrected chi connectivity index (χ0v) is 24.8. The number of carbonyl (C=O) groups excluding carboxylic acids is 1. The Kier molecular flexibility index (Phi) is 20.9. The van der Waals surface area contributed by atoms with Gasteiger partial charge >= 0.3 is 11.9 Å². The third kappa shape index (κ3) is 14.3. The van der Waals surface area contributed by atoms with Crippen LogP contribution in [-0.4, -0.2) is 57.3 Å². The van der Waals surface area contributed by atoms with Crippen LogP contribution in [0.2, 0.25) is 0 Å². The van der Waals surface area contributed by atoms with E-state index in [-0.39, 0.29) is 6.54 Å². The van der Waals surface area contributed by atoms with Crippen LogP contribution >= 0.6 is 0 Å². The number of hydrogen-bond donors (Lipinski definition) is 2. The van der Waals surface area contributed by atoms with Gasteiger partial charge in [0.25, 0.3) is 0 Å². The minimum Gasteiger partial charge on any atom is -0.544 e. The first-order valence-electron chi connectivity index (χ1n) is 15.3. The highest BCUT2D eigenvalue weighted by atomic mass is 16.4. The molecule has 7 nitrogen and oxygen atoms in total. The summed E-state index contributed by atoms with van der Waals surface area (Å²) >= 11 is 0. The highest BCUT2D eigenvalue weighted by Gasteiger charge is 2.50. The minimum absolute atomic E-state index is 0.186. The molecule has 0 aromatic rings. The van der Waals surface area contributed by atoms with E-state index in [1.54, 1.807) is 0 Å². The molecule has 0 spiro atoms. The molecular formula is C31H57NO6. The zero-order valence-electron chi connectivity index (χ0n) is 24.8. The van der Waals surface area contributed by atoms with Gasteiger partial charge in [0.1, 0.15) is 6.04 Å². The molecule has 0 saturated heterocycles. The van der Waals surface area contributed by atoms with Crippen molar-refractivity contribution >= 4 is 17.9 Å². The van der Waals surface area contributed by atoms with Crippen molar-refractivity contribution in [2.24, 2.45) is 0 Å². The number of aliphatic carboxylic acids is 3. The first-order chi connectivity index (χ1) is 18.1. The molecule has 0 aliphatic heterocycles. The molecule has 3 unspecified atom stereocenters. The largest absolute Gasteiger partial charge is 0.544 e. The van der Waals surface area contributed by atoms with E-state index in [1.807, 2.05) is 0 Å². The van der Waals surface area contributed by atoms with E-state index in [2.05, 4.69) is 19.1 Å². The molecule has 0 aromatic carbocycles. The molecule has 222 valence electrons. The van der Waals surface area contributed by atoms with Crippen LogP contribution in [-0.2, 0) is 14.4 Å². The SMILES string of the molecule is CCCCC/C=C/CCCCCCCCCCCCCCC[N+](C(C)C(=O)[O-])(C(C)C(=O)O)C(C)C(=O)O. The van der Waals surface area contributed by atoms with Crippen LogP contribution < -0.4 is 5.11 Å². The van der Waals surface area contributed by atoms with Gasteiger partial charge in [0.05, 0.1) is 12.5 Å². The van der Waals surface area contributed by atoms with Crippen LogP contribution in [0.15, 0.2) is 12.2 Å². The molecule has 0 amide bonds. The third-order valence-corrected chi connectivity index (χ3v) is 8.28. The summed E-state index contributed by atoms with van der Waals surface area (Å²) in [5.74, 6) is -3.82. The van der Waals surface area contributed by atoms with Crippen LogP contribution in [0.1, 0.15) is 143 Å². The topological polar surface area (TPSA) is 115 Å². The molecule has 0 aromatic heterocycles. The van der Waals surface area contributed by atoms with Gasteiger partial charge in [0.2, 0.25) is 0 Å². The van der Waals surface area contributed by atoms with Crippen molar-refractivity contribution in [2.45, 2.75) is 161 Å². The summed E-state index contributed by atoms with van der Waals surface area (Å²) in [6.07, 6.45) is 26.1. The Morgan fingerprint density at radius 1 is 0.605 bits per heavy atom. The highest BCUT2D eigenvalue weighted by molar-refractivity contribution is 5.76. The van der Waals surface area contributed by atoms with E-state index in [0.717, 1.165) is 25.7 Å². The van der Waals surface area contributed by atoms with Crippen molar-refractivity contribution in [3.05, 3.63) is 12.2 Å². The summed E-state index contributed by atoms with van der Waals surface area (Å²) < 4.78 is -0.539. The average Bonchev–Trinajstić information content (AvgIpc) is 2.88. The monoisotopic (exact) mass is 539 g/mol. The Bertz CT molecular complexity index is 627. The molecule has 0 radical (unpaired) electrons. The molecule has 0 rings (SSSR count). The fraction of sp³-hybridized carbons (Fsp3) is 0.839. The van der Waals surface area contributed by atoms with Crippen molar-refractivity contribution in [3.8, 4) is 0 Å². The Morgan fingerprint density at radius 3 is 1.29 bits per heavy atom. The molecule has 7 heteroatoms. The van der Waals surface area contributed by atoms with Gasteiger partial charge < -0.3 is 20.1 Å². The van der Waals surface area contributed by atoms with Gasteiger partial charge in [-0.05, 0) is 59.3 Å². The van der Waals surface area contributed by atoms with Gasteiger partial charge in [-0.2, -0.15) is 0 Å². The minimum atomic E-state index is -1.42. The molecule has 0 fully saturated rings. The first-order valence-corrected chi connectivity index (χ1v) is 15.3. The molecule has 0 bridgehead atoms. The van der Waals surface area contributed by atoms with Crippen LogP contribution in [0.4, 0.5) is 0 Å². The fourth-order valence-corrected chi connectivity index (χ4v) is 5.53. The van der Waals surface area contributed by atoms with Crippen LogP contribution in [0.5, 0.6) is 0 Å². The molecule has 0 heterocycles. The quantitative estimate of drug-likeness (QED) is 0.0738. The van der Waals surface area contributed by atoms with Crippen molar-refractivity contribution in [2.75, 3.05) is 6.54 Å². The number of rotatable bonds is 26. The van der Waals surface area contributed by atoms with Gasteiger partial charge in [-0.1, -0.05) is 96.1 Å². The van der Waals surface area contributed by atoms with Gasteiger partial charge in [0.15, 0.2) is 12.1 Å². The summed E-state index contributed by atoms with van der Waals surface area (Å²) in [6.45, 7) is 6.59. The Labute approximate surface area is 232 Å². The van der Waals surface area contributed by atoms with Crippen LogP contribution in [0, 0.1) is 0 Å². The van der Waals surface area contributed by atoms with Gasteiger partial charge in [-0.25, -0.2) is 9.59 Å². The number of nitrogens with zero attached hydrogens (tertiary/aromatic N) is 1. The molecule has 0 saturated carbocycles. The zero-order chi connectivity index (χ0) is 28.8. The lowest BCUT2D eigenvalue weighted by molar-refractivity contribution is -0.969. The van der Waals surface area contributed by atoms with E-state index < -0.39 is 40.5 Å². The summed E-state index contributed by atoms with van der Waals surface area (Å²) in [7, 11) is 0. The summed E-state index contributed by atoms with van der Waals surface area (Å²) in [6, 6.07) is -3.55. The molecular weight excluding hydrogens is 482 g/mol. The highest BCUT2D eigenvalue weighted by Crippen LogP contribution is 2.27. The number of carboxylic acid groups (broad SMARTS) is 3. The number of carboxylic acids is 3. The van der Waals surface area contributed by atoms with E-state index in [9.17, 15) is 29.7 Å². The molecule has 0 aliphatic rings. The smallest absolute Gasteiger partial charge is 0.362 e. The lowest BCUT2D eigenvalue weighted by Crippen LogP contribution is -2.72. The maximum atomic E-state index is 11.8. The standard InChI is InChI=1S/C31H57NO6/c1-5-6-7-8-9-10-11-12-13-14-15-16-17-18-19-20-21-22-23-24-25-32(26(2)29(33)34,27(3)30(35)36)28(4)31(37)38/h9-10,26-28H,5-8,11-25H2,1-4H3,(H2-,33,34,35,36,37,38)/b10-9+. The van der Waals surface area contributed by atoms with E-state index in [0.29, 0.717) is 6.42 Å². The van der Waals surface area contributed by atoms with Gasteiger partial charge in [-0.15, -0.1) is 0 Å². The normalized spacial score (nSPS) is 15.7. The number of carbonyl (C=O) groups is 3. The maximum Gasteiger partial charge on any atom is 0.362 e. The van der Waals surface area contributed by atoms with E-state index in [4.69, 9.17) is 0 Å². The second kappa shape index (κ2) is 22.0. The number of unbranched alkanes of at least 4 members (excludes halogenated alkanes) is 16. The van der Waals surface area contributed by atoms with Gasteiger partial charge in [-0.3, -0.25) is 4.48 Å². The predicted octanol–water partition coefficient (Wildman–Crippen LogP) is 6.49. The number of quaternary nitrogens is 1. The summed E-state index contributed by atoms with van der Waals surface area (Å²) in [5.41, 5.74) is 0. The Morgan fingerprint density at radius 2 is 0.947 bits per heavy atom. The Balaban J connectivity index is 4.07. The molecule has 38 heavy (non-hydrogen) atoms. The average molecular weight is 540 g/mol. The molecule has 2 N–H and O–H groups in total. The van der Waals surface area contributed by atoms with Gasteiger partial charge in [0, 0.05) is 0 Å². The van der Waals surface area contributed by atoms with Crippen molar-refractivity contribution in [1.29, 1.82) is 0 Å².